The third-order valence-corrected chi connectivity index (χ3v) is 4.39. The van der Waals surface area contributed by atoms with E-state index >= 15 is 0 Å². The molecule has 0 fully saturated rings. The Morgan fingerprint density at radius 2 is 2.18 bits per heavy atom. The Hall–Kier alpha value is -0.810. The molecule has 0 spiro atoms. The summed E-state index contributed by atoms with van der Waals surface area (Å²) in [5.41, 5.74) is 0. The van der Waals surface area contributed by atoms with Crippen LogP contribution in [0, 0.1) is 5.92 Å². The van der Waals surface area contributed by atoms with Crippen LogP contribution in [-0.4, -0.2) is 23.5 Å². The zero-order valence-corrected chi connectivity index (χ0v) is 11.9. The van der Waals surface area contributed by atoms with Gasteiger partial charge in [0.05, 0.1) is 16.0 Å². The van der Waals surface area contributed by atoms with E-state index in [1.807, 2.05) is 31.4 Å². The Bertz CT molecular complexity index is 374. The molecule has 0 saturated heterocycles. The highest BCUT2D eigenvalue weighted by Crippen LogP contribution is 2.22. The second-order valence-electron chi connectivity index (χ2n) is 4.12. The number of carbonyl (C=O) groups is 2. The van der Waals surface area contributed by atoms with Gasteiger partial charge in [-0.25, -0.2) is 0 Å². The fourth-order valence-electron chi connectivity index (χ4n) is 1.44. The van der Waals surface area contributed by atoms with Gasteiger partial charge in [-0.1, -0.05) is 19.9 Å². The molecule has 1 unspecified atom stereocenters. The number of thiophene rings is 1. The molecule has 0 bridgehead atoms. The highest BCUT2D eigenvalue weighted by Gasteiger charge is 2.20. The molecule has 5 heteroatoms. The van der Waals surface area contributed by atoms with Gasteiger partial charge < -0.3 is 5.32 Å². The van der Waals surface area contributed by atoms with Crippen LogP contribution in [0.25, 0.3) is 0 Å². The topological polar surface area (TPSA) is 46.2 Å². The highest BCUT2D eigenvalue weighted by atomic mass is 32.2. The smallest absolute Gasteiger partial charge is 0.230 e. The Labute approximate surface area is 110 Å². The fraction of sp³-hybridized carbons (Fsp3) is 0.500. The summed E-state index contributed by atoms with van der Waals surface area (Å²) < 4.78 is 1.11. The number of carbonyl (C=O) groups excluding carboxylic acids is 2. The summed E-state index contributed by atoms with van der Waals surface area (Å²) in [6.07, 6.45) is 0. The zero-order chi connectivity index (χ0) is 12.8. The molecule has 0 aliphatic carbocycles. The molecule has 1 aromatic rings. The first-order valence-electron chi connectivity index (χ1n) is 5.47. The van der Waals surface area contributed by atoms with E-state index < -0.39 is 0 Å². The monoisotopic (exact) mass is 271 g/mol. The van der Waals surface area contributed by atoms with Crippen LogP contribution in [-0.2, 0) is 9.59 Å². The molecule has 1 aromatic heterocycles. The van der Waals surface area contributed by atoms with Crippen molar-refractivity contribution in [2.45, 2.75) is 31.0 Å². The predicted molar refractivity (Wildman–Crippen MR) is 72.5 cm³/mol. The quantitative estimate of drug-likeness (QED) is 0.809. The van der Waals surface area contributed by atoms with Gasteiger partial charge in [0.25, 0.3) is 0 Å². The number of rotatable bonds is 6. The number of hydrogen-bond acceptors (Lipinski definition) is 4. The minimum atomic E-state index is -0.369. The molecule has 0 saturated carbocycles. The van der Waals surface area contributed by atoms with Crippen molar-refractivity contribution in [2.75, 3.05) is 5.75 Å². The van der Waals surface area contributed by atoms with Gasteiger partial charge in [0.15, 0.2) is 5.78 Å². The molecule has 1 N–H and O–H groups in total. The molecule has 1 atom stereocenters. The van der Waals surface area contributed by atoms with Crippen LogP contribution < -0.4 is 5.32 Å². The molecule has 0 aromatic carbocycles. The second-order valence-corrected chi connectivity index (χ2v) is 6.34. The lowest BCUT2D eigenvalue weighted by Gasteiger charge is -2.19. The number of amides is 1. The van der Waals surface area contributed by atoms with Gasteiger partial charge in [-0.2, -0.15) is 0 Å². The van der Waals surface area contributed by atoms with Crippen molar-refractivity contribution < 1.29 is 9.59 Å². The number of thioether (sulfide) groups is 1. The minimum Gasteiger partial charge on any atom is -0.345 e. The number of hydrogen-bond donors (Lipinski definition) is 1. The van der Waals surface area contributed by atoms with Crippen molar-refractivity contribution in [1.29, 1.82) is 0 Å². The van der Waals surface area contributed by atoms with Gasteiger partial charge in [-0.15, -0.1) is 23.1 Å². The maximum absolute atomic E-state index is 11.7. The molecule has 0 aliphatic rings. The first-order valence-corrected chi connectivity index (χ1v) is 7.33. The van der Waals surface area contributed by atoms with Crippen LogP contribution in [0.3, 0.4) is 0 Å². The lowest BCUT2D eigenvalue weighted by molar-refractivity contribution is -0.126. The number of nitrogens with one attached hydrogen (secondary N) is 1. The largest absolute Gasteiger partial charge is 0.345 e. The second kappa shape index (κ2) is 6.81. The molecule has 1 amide bonds. The Kier molecular flexibility index (Phi) is 5.71. The third-order valence-electron chi connectivity index (χ3n) is 2.26. The molecular formula is C12H17NO2S2. The predicted octanol–water partition coefficient (Wildman–Crippen LogP) is 2.57. The van der Waals surface area contributed by atoms with Crippen molar-refractivity contribution >= 4 is 34.8 Å². The normalized spacial score (nSPS) is 12.5. The third kappa shape index (κ3) is 4.91. The van der Waals surface area contributed by atoms with E-state index in [4.69, 9.17) is 0 Å². The lowest BCUT2D eigenvalue weighted by Crippen LogP contribution is -2.44. The van der Waals surface area contributed by atoms with Crippen molar-refractivity contribution in [2.24, 2.45) is 5.92 Å². The molecule has 1 heterocycles. The van der Waals surface area contributed by atoms with Gasteiger partial charge >= 0.3 is 0 Å². The van der Waals surface area contributed by atoms with Crippen molar-refractivity contribution in [3.8, 4) is 0 Å². The van der Waals surface area contributed by atoms with E-state index in [-0.39, 0.29) is 23.7 Å². The molecule has 1 rings (SSSR count). The maximum Gasteiger partial charge on any atom is 0.230 e. The lowest BCUT2D eigenvalue weighted by atomic mass is 10.0. The van der Waals surface area contributed by atoms with E-state index in [9.17, 15) is 9.59 Å². The Balaban J connectivity index is 2.40. The average molecular weight is 271 g/mol. The van der Waals surface area contributed by atoms with Gasteiger partial charge in [0.2, 0.25) is 5.91 Å². The van der Waals surface area contributed by atoms with Crippen molar-refractivity contribution in [3.05, 3.63) is 17.5 Å². The molecule has 3 nitrogen and oxygen atoms in total. The van der Waals surface area contributed by atoms with Gasteiger partial charge in [-0.3, -0.25) is 9.59 Å². The molecular weight excluding hydrogens is 254 g/mol. The first-order chi connectivity index (χ1) is 8.00. The van der Waals surface area contributed by atoms with Crippen LogP contribution in [0.2, 0.25) is 0 Å². The van der Waals surface area contributed by atoms with Crippen molar-refractivity contribution in [3.63, 3.8) is 0 Å². The average Bonchev–Trinajstić information content (AvgIpc) is 2.74. The maximum atomic E-state index is 11.7. The summed E-state index contributed by atoms with van der Waals surface area (Å²) in [4.78, 5) is 23.0. The SMILES string of the molecule is CC(=O)C(NC(=O)CSc1cccs1)C(C)C. The van der Waals surface area contributed by atoms with Gasteiger partial charge in [-0.05, 0) is 24.3 Å². The molecule has 0 aliphatic heterocycles. The van der Waals surface area contributed by atoms with Crippen molar-refractivity contribution in [1.82, 2.24) is 5.32 Å². The van der Waals surface area contributed by atoms with Crippen LogP contribution in [0.15, 0.2) is 21.7 Å². The fourth-order valence-corrected chi connectivity index (χ4v) is 3.03. The molecule has 0 radical (unpaired) electrons. The molecule has 94 valence electrons. The summed E-state index contributed by atoms with van der Waals surface area (Å²) in [5, 5.41) is 4.75. The van der Waals surface area contributed by atoms with Crippen LogP contribution >= 0.6 is 23.1 Å². The summed E-state index contributed by atoms with van der Waals surface area (Å²) >= 11 is 3.11. The summed E-state index contributed by atoms with van der Waals surface area (Å²) in [6, 6.07) is 3.57. The van der Waals surface area contributed by atoms with Gasteiger partial charge in [0.1, 0.15) is 0 Å². The number of Topliss-reactive ketones (excluding diaryl/α,β-unsaturated/α-hetero) is 1. The first kappa shape index (κ1) is 14.3. The Morgan fingerprint density at radius 3 is 2.65 bits per heavy atom. The van der Waals surface area contributed by atoms with Crippen LogP contribution in [0.5, 0.6) is 0 Å². The van der Waals surface area contributed by atoms with E-state index in [2.05, 4.69) is 5.32 Å². The Morgan fingerprint density at radius 1 is 1.47 bits per heavy atom. The highest BCUT2D eigenvalue weighted by molar-refractivity contribution is 8.01. The van der Waals surface area contributed by atoms with E-state index in [0.29, 0.717) is 5.75 Å². The summed E-state index contributed by atoms with van der Waals surface area (Å²) in [6.45, 7) is 5.37. The van der Waals surface area contributed by atoms with Crippen LogP contribution in [0.4, 0.5) is 0 Å². The van der Waals surface area contributed by atoms with Gasteiger partial charge in [0, 0.05) is 0 Å². The zero-order valence-electron chi connectivity index (χ0n) is 10.2. The minimum absolute atomic E-state index is 0.00877. The summed E-state index contributed by atoms with van der Waals surface area (Å²) in [7, 11) is 0. The number of ketones is 1. The van der Waals surface area contributed by atoms with E-state index in [1.54, 1.807) is 11.3 Å². The molecule has 17 heavy (non-hydrogen) atoms. The summed E-state index contributed by atoms with van der Waals surface area (Å²) in [5.74, 6) is 0.409. The van der Waals surface area contributed by atoms with E-state index in [0.717, 1.165) is 4.21 Å². The van der Waals surface area contributed by atoms with Crippen LogP contribution in [0.1, 0.15) is 20.8 Å². The van der Waals surface area contributed by atoms with E-state index in [1.165, 1.54) is 18.7 Å². The standard InChI is InChI=1S/C12H17NO2S2/c1-8(2)12(9(3)14)13-10(15)7-17-11-5-4-6-16-11/h4-6,8,12H,7H2,1-3H3,(H,13,15).